The minimum Gasteiger partial charge on any atom is -0.387 e. The summed E-state index contributed by atoms with van der Waals surface area (Å²) in [5.74, 6) is 1.13. The zero-order chi connectivity index (χ0) is 9.84. The Hall–Kier alpha value is -0.620. The highest BCUT2D eigenvalue weighted by Crippen LogP contribution is 2.23. The molecule has 13 heavy (non-hydrogen) atoms. The van der Waals surface area contributed by atoms with Crippen LogP contribution >= 0.6 is 23.1 Å². The van der Waals surface area contributed by atoms with E-state index in [0.717, 1.165) is 15.1 Å². The molecule has 4 nitrogen and oxygen atoms in total. The lowest BCUT2D eigenvalue weighted by molar-refractivity contribution is 0.876. The first-order valence-electron chi connectivity index (χ1n) is 3.86. The molecule has 0 aliphatic rings. The Morgan fingerprint density at radius 2 is 2.38 bits per heavy atom. The fourth-order valence-corrected chi connectivity index (χ4v) is 2.51. The summed E-state index contributed by atoms with van der Waals surface area (Å²) >= 11 is 3.17. The Kier molecular flexibility index (Phi) is 3.68. The molecule has 0 saturated carbocycles. The molecular formula is C7H12N4S2. The number of nitrogens with one attached hydrogen (secondary N) is 1. The summed E-state index contributed by atoms with van der Waals surface area (Å²) < 4.78 is 0.950. The van der Waals surface area contributed by atoms with E-state index < -0.39 is 0 Å². The van der Waals surface area contributed by atoms with E-state index in [1.807, 2.05) is 13.8 Å². The van der Waals surface area contributed by atoms with Crippen LogP contribution in [0, 0.1) is 18.3 Å². The summed E-state index contributed by atoms with van der Waals surface area (Å²) in [6, 6.07) is 0. The molecule has 0 radical (unpaired) electrons. The number of thioether (sulfide) groups is 1. The fourth-order valence-electron chi connectivity index (χ4n) is 0.623. The lowest BCUT2D eigenvalue weighted by atomic mass is 10.2. The van der Waals surface area contributed by atoms with E-state index >= 15 is 0 Å². The second kappa shape index (κ2) is 4.57. The highest BCUT2D eigenvalue weighted by molar-refractivity contribution is 8.01. The van der Waals surface area contributed by atoms with Crippen LogP contribution in [0.5, 0.6) is 0 Å². The minimum atomic E-state index is 0.106. The first-order chi connectivity index (χ1) is 6.09. The molecule has 1 aromatic heterocycles. The maximum Gasteiger partial charge on any atom is 0.174 e. The number of hydrogen-bond donors (Lipinski definition) is 2. The number of aryl methyl sites for hydroxylation is 1. The van der Waals surface area contributed by atoms with Gasteiger partial charge in [-0.1, -0.05) is 30.0 Å². The standard InChI is InChI=1S/C7H12N4S2/c1-4(6(8)9)3-12-7-11-10-5(2)13-7/h4H,3H2,1-2H3,(H3,8,9). The number of hydrogen-bond acceptors (Lipinski definition) is 5. The van der Waals surface area contributed by atoms with Gasteiger partial charge in [0, 0.05) is 11.7 Å². The summed E-state index contributed by atoms with van der Waals surface area (Å²) in [5, 5.41) is 16.0. The van der Waals surface area contributed by atoms with Crippen LogP contribution in [0.4, 0.5) is 0 Å². The summed E-state index contributed by atoms with van der Waals surface area (Å²) in [4.78, 5) is 0. The normalized spacial score (nSPS) is 12.8. The van der Waals surface area contributed by atoms with Crippen LogP contribution in [0.25, 0.3) is 0 Å². The Labute approximate surface area is 85.5 Å². The molecule has 0 amide bonds. The van der Waals surface area contributed by atoms with Crippen molar-refractivity contribution in [3.05, 3.63) is 5.01 Å². The molecule has 1 unspecified atom stereocenters. The molecule has 1 atom stereocenters. The van der Waals surface area contributed by atoms with Crippen LogP contribution in [0.2, 0.25) is 0 Å². The third-order valence-corrected chi connectivity index (χ3v) is 3.73. The molecule has 1 aromatic rings. The first-order valence-corrected chi connectivity index (χ1v) is 5.66. The van der Waals surface area contributed by atoms with E-state index in [-0.39, 0.29) is 11.8 Å². The highest BCUT2D eigenvalue weighted by Gasteiger charge is 2.08. The van der Waals surface area contributed by atoms with Crippen LogP contribution < -0.4 is 5.73 Å². The van der Waals surface area contributed by atoms with Gasteiger partial charge in [-0.15, -0.1) is 10.2 Å². The summed E-state index contributed by atoms with van der Waals surface area (Å²) in [6.45, 7) is 3.86. The average molecular weight is 216 g/mol. The topological polar surface area (TPSA) is 75.7 Å². The van der Waals surface area contributed by atoms with Crippen molar-refractivity contribution in [3.8, 4) is 0 Å². The van der Waals surface area contributed by atoms with Crippen molar-refractivity contribution in [2.75, 3.05) is 5.75 Å². The third kappa shape index (κ3) is 3.31. The second-order valence-electron chi connectivity index (χ2n) is 2.75. The highest BCUT2D eigenvalue weighted by atomic mass is 32.2. The van der Waals surface area contributed by atoms with E-state index in [2.05, 4.69) is 10.2 Å². The molecule has 0 spiro atoms. The molecule has 0 bridgehead atoms. The zero-order valence-electron chi connectivity index (χ0n) is 7.57. The van der Waals surface area contributed by atoms with Gasteiger partial charge in [-0.2, -0.15) is 0 Å². The summed E-state index contributed by atoms with van der Waals surface area (Å²) in [5.41, 5.74) is 5.34. The number of aromatic nitrogens is 2. The van der Waals surface area contributed by atoms with Gasteiger partial charge in [-0.3, -0.25) is 5.41 Å². The second-order valence-corrected chi connectivity index (χ2v) is 5.20. The molecule has 0 fully saturated rings. The number of amidine groups is 1. The zero-order valence-corrected chi connectivity index (χ0v) is 9.21. The van der Waals surface area contributed by atoms with Gasteiger partial charge in [0.15, 0.2) is 4.34 Å². The lowest BCUT2D eigenvalue weighted by Gasteiger charge is -2.05. The molecule has 3 N–H and O–H groups in total. The van der Waals surface area contributed by atoms with Crippen molar-refractivity contribution in [1.82, 2.24) is 10.2 Å². The molecule has 0 aliphatic heterocycles. The lowest BCUT2D eigenvalue weighted by Crippen LogP contribution is -2.21. The van der Waals surface area contributed by atoms with E-state index in [1.165, 1.54) is 0 Å². The van der Waals surface area contributed by atoms with E-state index in [9.17, 15) is 0 Å². The Balaban J connectivity index is 2.39. The fraction of sp³-hybridized carbons (Fsp3) is 0.571. The Bertz CT molecular complexity index is 296. The van der Waals surface area contributed by atoms with Crippen molar-refractivity contribution in [2.45, 2.75) is 18.2 Å². The smallest absolute Gasteiger partial charge is 0.174 e. The van der Waals surface area contributed by atoms with Crippen molar-refractivity contribution in [1.29, 1.82) is 5.41 Å². The van der Waals surface area contributed by atoms with E-state index in [0.29, 0.717) is 0 Å². The maximum absolute atomic E-state index is 7.20. The minimum absolute atomic E-state index is 0.106. The summed E-state index contributed by atoms with van der Waals surface area (Å²) in [6.07, 6.45) is 0. The van der Waals surface area contributed by atoms with Crippen LogP contribution in [-0.4, -0.2) is 21.8 Å². The molecule has 0 aromatic carbocycles. The Morgan fingerprint density at radius 1 is 1.69 bits per heavy atom. The van der Waals surface area contributed by atoms with Gasteiger partial charge in [-0.25, -0.2) is 0 Å². The molecule has 1 rings (SSSR count). The molecule has 0 saturated heterocycles. The predicted octanol–water partition coefficient (Wildman–Crippen LogP) is 1.51. The van der Waals surface area contributed by atoms with Crippen LogP contribution in [0.1, 0.15) is 11.9 Å². The van der Waals surface area contributed by atoms with Crippen LogP contribution in [-0.2, 0) is 0 Å². The first kappa shape index (κ1) is 10.5. The molecule has 72 valence electrons. The molecule has 0 aliphatic carbocycles. The largest absolute Gasteiger partial charge is 0.387 e. The van der Waals surface area contributed by atoms with Crippen molar-refractivity contribution >= 4 is 28.9 Å². The van der Waals surface area contributed by atoms with Crippen molar-refractivity contribution in [3.63, 3.8) is 0 Å². The molecule has 6 heteroatoms. The van der Waals surface area contributed by atoms with Crippen molar-refractivity contribution < 1.29 is 0 Å². The number of rotatable bonds is 4. The Morgan fingerprint density at radius 3 is 2.85 bits per heavy atom. The predicted molar refractivity (Wildman–Crippen MR) is 56.4 cm³/mol. The molecule has 1 heterocycles. The van der Waals surface area contributed by atoms with Gasteiger partial charge in [-0.05, 0) is 6.92 Å². The van der Waals surface area contributed by atoms with Gasteiger partial charge in [0.1, 0.15) is 5.01 Å². The monoisotopic (exact) mass is 216 g/mol. The van der Waals surface area contributed by atoms with Crippen LogP contribution in [0.3, 0.4) is 0 Å². The van der Waals surface area contributed by atoms with Crippen LogP contribution in [0.15, 0.2) is 4.34 Å². The van der Waals surface area contributed by atoms with Gasteiger partial charge in [0.2, 0.25) is 0 Å². The van der Waals surface area contributed by atoms with Gasteiger partial charge in [0.05, 0.1) is 5.84 Å². The number of nitrogens with zero attached hydrogens (tertiary/aromatic N) is 2. The average Bonchev–Trinajstić information content (AvgIpc) is 2.47. The number of nitrogens with two attached hydrogens (primary N) is 1. The SMILES string of the molecule is Cc1nnc(SCC(C)C(=N)N)s1. The van der Waals surface area contributed by atoms with Gasteiger partial charge in [0.25, 0.3) is 0 Å². The van der Waals surface area contributed by atoms with Gasteiger partial charge < -0.3 is 5.73 Å². The quantitative estimate of drug-likeness (QED) is 0.454. The van der Waals surface area contributed by atoms with Gasteiger partial charge >= 0.3 is 0 Å². The van der Waals surface area contributed by atoms with Crippen molar-refractivity contribution in [2.24, 2.45) is 11.7 Å². The third-order valence-electron chi connectivity index (χ3n) is 1.50. The van der Waals surface area contributed by atoms with E-state index in [1.54, 1.807) is 23.1 Å². The maximum atomic E-state index is 7.20. The van der Waals surface area contributed by atoms with E-state index in [4.69, 9.17) is 11.1 Å². The summed E-state index contributed by atoms with van der Waals surface area (Å²) in [7, 11) is 0. The molecular weight excluding hydrogens is 204 g/mol.